The van der Waals surface area contributed by atoms with Crippen molar-refractivity contribution in [3.05, 3.63) is 34.9 Å². The van der Waals surface area contributed by atoms with E-state index in [-0.39, 0.29) is 5.56 Å². The van der Waals surface area contributed by atoms with E-state index >= 15 is 0 Å². The quantitative estimate of drug-likeness (QED) is 0.723. The molecule has 0 fully saturated rings. The van der Waals surface area contributed by atoms with E-state index in [1.807, 2.05) is 20.1 Å². The van der Waals surface area contributed by atoms with Crippen LogP contribution in [0.1, 0.15) is 25.0 Å². The maximum atomic E-state index is 13.5. The van der Waals surface area contributed by atoms with Crippen LogP contribution in [0.5, 0.6) is 0 Å². The average molecular weight is 216 g/mol. The van der Waals surface area contributed by atoms with Gasteiger partial charge in [0, 0.05) is 10.3 Å². The molecule has 0 aliphatic rings. The number of rotatable bonds is 2. The lowest BCUT2D eigenvalue weighted by molar-refractivity contribution is 0.528. The van der Waals surface area contributed by atoms with E-state index in [0.717, 1.165) is 0 Å². The Bertz CT molecular complexity index is 322. The van der Waals surface area contributed by atoms with Crippen LogP contribution in [0.25, 0.3) is 0 Å². The lowest BCUT2D eigenvalue weighted by Crippen LogP contribution is -2.16. The van der Waals surface area contributed by atoms with Gasteiger partial charge in [-0.25, -0.2) is 8.78 Å². The third-order valence-corrected chi connectivity index (χ3v) is 3.52. The number of benzene rings is 1. The minimum atomic E-state index is -0.526. The van der Waals surface area contributed by atoms with Crippen molar-refractivity contribution in [1.82, 2.24) is 0 Å². The van der Waals surface area contributed by atoms with Gasteiger partial charge in [0.1, 0.15) is 11.6 Å². The predicted molar refractivity (Wildman–Crippen MR) is 57.6 cm³/mol. The Labute approximate surface area is 87.7 Å². The summed E-state index contributed by atoms with van der Waals surface area (Å²) < 4.78 is 26.6. The van der Waals surface area contributed by atoms with Crippen LogP contribution in [-0.2, 0) is 4.75 Å². The molecule has 1 rings (SSSR count). The zero-order chi connectivity index (χ0) is 10.9. The second-order valence-corrected chi connectivity index (χ2v) is 5.25. The molecule has 0 saturated carbocycles. The Morgan fingerprint density at radius 3 is 1.93 bits per heavy atom. The molecule has 0 N–H and O–H groups in total. The highest BCUT2D eigenvalue weighted by molar-refractivity contribution is 7.99. The van der Waals surface area contributed by atoms with E-state index in [1.165, 1.54) is 23.9 Å². The third kappa shape index (κ3) is 2.08. The van der Waals surface area contributed by atoms with Crippen molar-refractivity contribution in [3.8, 4) is 0 Å². The second-order valence-electron chi connectivity index (χ2n) is 3.82. The van der Waals surface area contributed by atoms with Gasteiger partial charge in [-0.1, -0.05) is 0 Å². The number of hydrogen-bond donors (Lipinski definition) is 0. The average Bonchev–Trinajstić information content (AvgIpc) is 2.01. The molecule has 3 heteroatoms. The van der Waals surface area contributed by atoms with Crippen molar-refractivity contribution in [2.75, 3.05) is 6.26 Å². The first-order valence-corrected chi connectivity index (χ1v) is 5.62. The summed E-state index contributed by atoms with van der Waals surface area (Å²) in [4.78, 5) is 0. The predicted octanol–water partition coefficient (Wildman–Crippen LogP) is 3.87. The molecule has 1 aromatic rings. The van der Waals surface area contributed by atoms with E-state index in [2.05, 4.69) is 0 Å². The van der Waals surface area contributed by atoms with E-state index in [0.29, 0.717) is 5.56 Å². The van der Waals surface area contributed by atoms with E-state index in [9.17, 15) is 8.78 Å². The lowest BCUT2D eigenvalue weighted by Gasteiger charge is -2.23. The van der Waals surface area contributed by atoms with Crippen molar-refractivity contribution in [2.45, 2.75) is 25.5 Å². The van der Waals surface area contributed by atoms with Gasteiger partial charge in [0.15, 0.2) is 0 Å². The van der Waals surface area contributed by atoms with Gasteiger partial charge >= 0.3 is 0 Å². The number of hydrogen-bond acceptors (Lipinski definition) is 1. The summed E-state index contributed by atoms with van der Waals surface area (Å²) >= 11 is 1.43. The van der Waals surface area contributed by atoms with Crippen LogP contribution in [0.15, 0.2) is 12.1 Å². The van der Waals surface area contributed by atoms with Crippen LogP contribution in [0.4, 0.5) is 8.78 Å². The Kier molecular flexibility index (Phi) is 3.20. The van der Waals surface area contributed by atoms with Gasteiger partial charge in [0.05, 0.1) is 0 Å². The molecule has 0 aliphatic heterocycles. The van der Waals surface area contributed by atoms with E-state index in [1.54, 1.807) is 6.92 Å². The number of thioether (sulfide) groups is 1. The Morgan fingerprint density at radius 2 is 1.57 bits per heavy atom. The molecular weight excluding hydrogens is 202 g/mol. The highest BCUT2D eigenvalue weighted by Gasteiger charge is 2.26. The first kappa shape index (κ1) is 11.5. The largest absolute Gasteiger partial charge is 0.207 e. The van der Waals surface area contributed by atoms with Gasteiger partial charge in [0.2, 0.25) is 0 Å². The first-order valence-electron chi connectivity index (χ1n) is 4.40. The molecule has 0 atom stereocenters. The Balaban J connectivity index is 3.35. The van der Waals surface area contributed by atoms with Gasteiger partial charge in [-0.15, -0.1) is 0 Å². The lowest BCUT2D eigenvalue weighted by atomic mass is 9.99. The van der Waals surface area contributed by atoms with Gasteiger partial charge in [-0.05, 0) is 44.7 Å². The molecule has 0 aromatic heterocycles. The van der Waals surface area contributed by atoms with Crippen molar-refractivity contribution >= 4 is 11.8 Å². The molecule has 14 heavy (non-hydrogen) atoms. The summed E-state index contributed by atoms with van der Waals surface area (Å²) in [6, 6.07) is 2.74. The molecule has 0 unspecified atom stereocenters. The normalized spacial score (nSPS) is 11.9. The Morgan fingerprint density at radius 1 is 1.14 bits per heavy atom. The second kappa shape index (κ2) is 3.89. The van der Waals surface area contributed by atoms with Crippen LogP contribution in [-0.4, -0.2) is 6.26 Å². The molecule has 0 heterocycles. The van der Waals surface area contributed by atoms with Crippen LogP contribution in [0, 0.1) is 18.6 Å². The van der Waals surface area contributed by atoms with Gasteiger partial charge in [0.25, 0.3) is 0 Å². The maximum absolute atomic E-state index is 13.5. The molecule has 0 amide bonds. The standard InChI is InChI=1S/C11H14F2S/c1-7-5-8(12)10(9(13)6-7)11(2,3)14-4/h5-6H,1-4H3. The summed E-state index contributed by atoms with van der Waals surface area (Å²) in [5.41, 5.74) is 0.774. The summed E-state index contributed by atoms with van der Waals surface area (Å²) in [6.45, 7) is 5.31. The van der Waals surface area contributed by atoms with Crippen molar-refractivity contribution in [3.63, 3.8) is 0 Å². The van der Waals surface area contributed by atoms with Crippen LogP contribution in [0.2, 0.25) is 0 Å². The summed E-state index contributed by atoms with van der Waals surface area (Å²) in [5, 5.41) is 0. The summed E-state index contributed by atoms with van der Waals surface area (Å²) in [5.74, 6) is -0.913. The number of halogens is 2. The fourth-order valence-electron chi connectivity index (χ4n) is 1.38. The van der Waals surface area contributed by atoms with Crippen LogP contribution in [0.3, 0.4) is 0 Å². The smallest absolute Gasteiger partial charge is 0.130 e. The summed E-state index contributed by atoms with van der Waals surface area (Å²) in [7, 11) is 0. The highest BCUT2D eigenvalue weighted by atomic mass is 32.2. The van der Waals surface area contributed by atoms with Crippen molar-refractivity contribution in [1.29, 1.82) is 0 Å². The molecule has 1 aromatic carbocycles. The third-order valence-electron chi connectivity index (χ3n) is 2.30. The number of aryl methyl sites for hydroxylation is 1. The van der Waals surface area contributed by atoms with Crippen molar-refractivity contribution in [2.24, 2.45) is 0 Å². The molecule has 0 spiro atoms. The first-order chi connectivity index (χ1) is 6.38. The fourth-order valence-corrected chi connectivity index (χ4v) is 1.78. The fraction of sp³-hybridized carbons (Fsp3) is 0.455. The van der Waals surface area contributed by atoms with Gasteiger partial charge < -0.3 is 0 Å². The van der Waals surface area contributed by atoms with Crippen LogP contribution < -0.4 is 0 Å². The van der Waals surface area contributed by atoms with Gasteiger partial charge in [-0.2, -0.15) is 11.8 Å². The molecular formula is C11H14F2S. The van der Waals surface area contributed by atoms with Crippen LogP contribution >= 0.6 is 11.8 Å². The van der Waals surface area contributed by atoms with Gasteiger partial charge in [-0.3, -0.25) is 0 Å². The molecule has 78 valence electrons. The zero-order valence-electron chi connectivity index (χ0n) is 8.82. The Hall–Kier alpha value is -0.570. The topological polar surface area (TPSA) is 0 Å². The SMILES string of the molecule is CSC(C)(C)c1c(F)cc(C)cc1F. The minimum absolute atomic E-state index is 0.163. The molecule has 0 bridgehead atoms. The molecule has 0 radical (unpaired) electrons. The maximum Gasteiger partial charge on any atom is 0.130 e. The molecule has 0 aliphatic carbocycles. The van der Waals surface area contributed by atoms with Crippen molar-refractivity contribution < 1.29 is 8.78 Å². The highest BCUT2D eigenvalue weighted by Crippen LogP contribution is 2.37. The minimum Gasteiger partial charge on any atom is -0.207 e. The zero-order valence-corrected chi connectivity index (χ0v) is 9.64. The molecule has 0 saturated heterocycles. The molecule has 0 nitrogen and oxygen atoms in total. The monoisotopic (exact) mass is 216 g/mol. The summed E-state index contributed by atoms with van der Waals surface area (Å²) in [6.07, 6.45) is 1.85. The van der Waals surface area contributed by atoms with E-state index < -0.39 is 16.4 Å². The van der Waals surface area contributed by atoms with E-state index in [4.69, 9.17) is 0 Å².